The molecular weight excluding hydrogens is 208 g/mol. The number of halogens is 1. The van der Waals surface area contributed by atoms with E-state index in [2.05, 4.69) is 22.5 Å². The molecular formula is C8H7BrO2. The standard InChI is InChI=1S/C8H7BrO2/c1-2-5-3-8(11)6(9)4-7(5)10/h2-4,10-11H,1H2. The van der Waals surface area contributed by atoms with Gasteiger partial charge in [-0.1, -0.05) is 12.7 Å². The van der Waals surface area contributed by atoms with Crippen molar-refractivity contribution in [2.75, 3.05) is 0 Å². The minimum Gasteiger partial charge on any atom is -0.507 e. The molecule has 0 unspecified atom stereocenters. The van der Waals surface area contributed by atoms with Gasteiger partial charge in [-0.3, -0.25) is 0 Å². The van der Waals surface area contributed by atoms with Crippen molar-refractivity contribution in [3.63, 3.8) is 0 Å². The smallest absolute Gasteiger partial charge is 0.130 e. The maximum absolute atomic E-state index is 9.20. The van der Waals surface area contributed by atoms with E-state index >= 15 is 0 Å². The van der Waals surface area contributed by atoms with Crippen molar-refractivity contribution in [2.24, 2.45) is 0 Å². The molecule has 1 aromatic carbocycles. The van der Waals surface area contributed by atoms with E-state index in [1.54, 1.807) is 0 Å². The fraction of sp³-hybridized carbons (Fsp3) is 0. The van der Waals surface area contributed by atoms with Gasteiger partial charge in [0.2, 0.25) is 0 Å². The number of hydrogen-bond donors (Lipinski definition) is 2. The second-order valence-corrected chi connectivity index (χ2v) is 2.92. The summed E-state index contributed by atoms with van der Waals surface area (Å²) in [6, 6.07) is 2.86. The molecule has 1 aromatic rings. The minimum absolute atomic E-state index is 0.0951. The first kappa shape index (κ1) is 8.14. The normalized spacial score (nSPS) is 9.55. The molecule has 0 heterocycles. The molecule has 2 nitrogen and oxygen atoms in total. The molecule has 0 fully saturated rings. The number of phenolic OH excluding ortho intramolecular Hbond substituents is 2. The molecule has 0 atom stereocenters. The lowest BCUT2D eigenvalue weighted by molar-refractivity contribution is 0.456. The van der Waals surface area contributed by atoms with E-state index in [-0.39, 0.29) is 11.5 Å². The lowest BCUT2D eigenvalue weighted by atomic mass is 10.2. The Kier molecular flexibility index (Phi) is 2.19. The first-order chi connectivity index (χ1) is 5.15. The van der Waals surface area contributed by atoms with Gasteiger partial charge in [-0.15, -0.1) is 0 Å². The van der Waals surface area contributed by atoms with Crippen LogP contribution in [0.15, 0.2) is 23.2 Å². The summed E-state index contributed by atoms with van der Waals surface area (Å²) >= 11 is 3.07. The number of hydrogen-bond acceptors (Lipinski definition) is 2. The van der Waals surface area contributed by atoms with Gasteiger partial charge in [0.05, 0.1) is 4.47 Å². The zero-order valence-corrected chi connectivity index (χ0v) is 7.30. The lowest BCUT2D eigenvalue weighted by Gasteiger charge is -2.01. The maximum atomic E-state index is 9.20. The predicted molar refractivity (Wildman–Crippen MR) is 47.6 cm³/mol. The van der Waals surface area contributed by atoms with Gasteiger partial charge < -0.3 is 10.2 Å². The van der Waals surface area contributed by atoms with Gasteiger partial charge in [-0.25, -0.2) is 0 Å². The molecule has 11 heavy (non-hydrogen) atoms. The molecule has 0 saturated heterocycles. The van der Waals surface area contributed by atoms with Gasteiger partial charge in [-0.05, 0) is 28.1 Å². The van der Waals surface area contributed by atoms with Gasteiger partial charge in [0.15, 0.2) is 0 Å². The third kappa shape index (κ3) is 1.54. The van der Waals surface area contributed by atoms with E-state index < -0.39 is 0 Å². The average molecular weight is 215 g/mol. The molecule has 0 spiro atoms. The third-order valence-corrected chi connectivity index (χ3v) is 1.95. The number of benzene rings is 1. The van der Waals surface area contributed by atoms with Crippen LogP contribution >= 0.6 is 15.9 Å². The summed E-state index contributed by atoms with van der Waals surface area (Å²) < 4.78 is 0.473. The summed E-state index contributed by atoms with van der Waals surface area (Å²) in [5, 5.41) is 18.4. The molecule has 3 heteroatoms. The zero-order chi connectivity index (χ0) is 8.43. The summed E-state index contributed by atoms with van der Waals surface area (Å²) in [5.41, 5.74) is 0.519. The minimum atomic E-state index is 0.0951. The van der Waals surface area contributed by atoms with E-state index in [4.69, 9.17) is 5.11 Å². The maximum Gasteiger partial charge on any atom is 0.130 e. The summed E-state index contributed by atoms with van der Waals surface area (Å²) in [6.45, 7) is 3.48. The highest BCUT2D eigenvalue weighted by Crippen LogP contribution is 2.31. The van der Waals surface area contributed by atoms with Crippen LogP contribution in [0.3, 0.4) is 0 Å². The van der Waals surface area contributed by atoms with Crippen molar-refractivity contribution >= 4 is 22.0 Å². The highest BCUT2D eigenvalue weighted by Gasteiger charge is 2.02. The second-order valence-electron chi connectivity index (χ2n) is 2.07. The third-order valence-electron chi connectivity index (χ3n) is 1.32. The van der Waals surface area contributed by atoms with Gasteiger partial charge >= 0.3 is 0 Å². The topological polar surface area (TPSA) is 40.5 Å². The monoisotopic (exact) mass is 214 g/mol. The van der Waals surface area contributed by atoms with Crippen LogP contribution in [0.4, 0.5) is 0 Å². The fourth-order valence-electron chi connectivity index (χ4n) is 0.731. The Balaban J connectivity index is 3.31. The van der Waals surface area contributed by atoms with Crippen molar-refractivity contribution in [1.29, 1.82) is 0 Å². The molecule has 0 saturated carbocycles. The van der Waals surface area contributed by atoms with Crippen molar-refractivity contribution in [3.8, 4) is 11.5 Å². The van der Waals surface area contributed by atoms with Crippen LogP contribution in [0.25, 0.3) is 6.08 Å². The van der Waals surface area contributed by atoms with Crippen LogP contribution in [0, 0.1) is 0 Å². The highest BCUT2D eigenvalue weighted by atomic mass is 79.9. The summed E-state index contributed by atoms with van der Waals surface area (Å²) in [6.07, 6.45) is 1.47. The van der Waals surface area contributed by atoms with Crippen LogP contribution in [0.2, 0.25) is 0 Å². The molecule has 0 aliphatic rings. The molecule has 0 aliphatic heterocycles. The SMILES string of the molecule is C=Cc1cc(O)c(Br)cc1O. The molecule has 0 aromatic heterocycles. The van der Waals surface area contributed by atoms with Crippen LogP contribution < -0.4 is 0 Å². The second kappa shape index (κ2) is 2.96. The summed E-state index contributed by atoms with van der Waals surface area (Å²) in [4.78, 5) is 0. The summed E-state index contributed by atoms with van der Waals surface area (Å²) in [5.74, 6) is 0.197. The number of aromatic hydroxyl groups is 2. The Morgan fingerprint density at radius 1 is 1.27 bits per heavy atom. The Morgan fingerprint density at radius 2 is 1.91 bits per heavy atom. The van der Waals surface area contributed by atoms with E-state index in [0.29, 0.717) is 10.0 Å². The average Bonchev–Trinajstić information content (AvgIpc) is 1.97. The Labute approximate surface area is 72.9 Å². The van der Waals surface area contributed by atoms with Crippen LogP contribution in [0.1, 0.15) is 5.56 Å². The number of phenols is 2. The lowest BCUT2D eigenvalue weighted by Crippen LogP contribution is -1.75. The van der Waals surface area contributed by atoms with Crippen molar-refractivity contribution in [1.82, 2.24) is 0 Å². The van der Waals surface area contributed by atoms with E-state index in [1.165, 1.54) is 18.2 Å². The van der Waals surface area contributed by atoms with Crippen LogP contribution in [-0.4, -0.2) is 10.2 Å². The number of rotatable bonds is 1. The fourth-order valence-corrected chi connectivity index (χ4v) is 1.06. The van der Waals surface area contributed by atoms with Crippen molar-refractivity contribution in [2.45, 2.75) is 0 Å². The van der Waals surface area contributed by atoms with Gasteiger partial charge in [0.1, 0.15) is 11.5 Å². The first-order valence-electron chi connectivity index (χ1n) is 2.99. The van der Waals surface area contributed by atoms with Gasteiger partial charge in [0.25, 0.3) is 0 Å². The molecule has 58 valence electrons. The molecule has 0 aliphatic carbocycles. The van der Waals surface area contributed by atoms with E-state index in [1.807, 2.05) is 0 Å². The molecule has 0 bridgehead atoms. The Morgan fingerprint density at radius 3 is 2.45 bits per heavy atom. The molecule has 2 N–H and O–H groups in total. The first-order valence-corrected chi connectivity index (χ1v) is 3.78. The van der Waals surface area contributed by atoms with Gasteiger partial charge in [-0.2, -0.15) is 0 Å². The summed E-state index contributed by atoms with van der Waals surface area (Å²) in [7, 11) is 0. The highest BCUT2D eigenvalue weighted by molar-refractivity contribution is 9.10. The molecule has 0 amide bonds. The van der Waals surface area contributed by atoms with Gasteiger partial charge in [0, 0.05) is 5.56 Å². The van der Waals surface area contributed by atoms with Crippen LogP contribution in [-0.2, 0) is 0 Å². The van der Waals surface area contributed by atoms with Crippen molar-refractivity contribution in [3.05, 3.63) is 28.7 Å². The van der Waals surface area contributed by atoms with E-state index in [9.17, 15) is 5.11 Å². The Bertz CT molecular complexity index is 294. The molecule has 0 radical (unpaired) electrons. The predicted octanol–water partition coefficient (Wildman–Crippen LogP) is 2.50. The van der Waals surface area contributed by atoms with E-state index in [0.717, 1.165) is 0 Å². The Hall–Kier alpha value is -0.960. The zero-order valence-electron chi connectivity index (χ0n) is 5.71. The largest absolute Gasteiger partial charge is 0.507 e. The molecule has 1 rings (SSSR count). The van der Waals surface area contributed by atoms with Crippen molar-refractivity contribution < 1.29 is 10.2 Å². The quantitative estimate of drug-likeness (QED) is 0.706. The van der Waals surface area contributed by atoms with Crippen LogP contribution in [0.5, 0.6) is 11.5 Å².